The second-order valence-corrected chi connectivity index (χ2v) is 6.59. The number of thiophene rings is 1. The summed E-state index contributed by atoms with van der Waals surface area (Å²) < 4.78 is 1.15. The summed E-state index contributed by atoms with van der Waals surface area (Å²) in [6.07, 6.45) is 2.37. The number of nitrogens with one attached hydrogen (secondary N) is 2. The zero-order valence-corrected chi connectivity index (χ0v) is 12.7. The number of aromatic nitrogens is 2. The maximum absolute atomic E-state index is 4.56. The Morgan fingerprint density at radius 3 is 2.83 bits per heavy atom. The number of H-pyrrole nitrogens is 1. The van der Waals surface area contributed by atoms with E-state index < -0.39 is 0 Å². The third kappa shape index (κ3) is 2.27. The molecule has 0 spiro atoms. The van der Waals surface area contributed by atoms with Crippen molar-refractivity contribution in [2.75, 3.05) is 13.1 Å². The lowest BCUT2D eigenvalue weighted by atomic mass is 9.91. The molecule has 2 aromatic heterocycles. The molecule has 3 rings (SSSR count). The normalized spacial score (nSPS) is 17.2. The average Bonchev–Trinajstić information content (AvgIpc) is 2.96. The van der Waals surface area contributed by atoms with Crippen molar-refractivity contribution in [3.05, 3.63) is 27.3 Å². The average molecular weight is 326 g/mol. The highest BCUT2D eigenvalue weighted by Gasteiger charge is 2.23. The Hall–Kier alpha value is -0.650. The lowest BCUT2D eigenvalue weighted by molar-refractivity contribution is 0.453. The van der Waals surface area contributed by atoms with Crippen molar-refractivity contribution in [3.63, 3.8) is 0 Å². The number of nitrogens with zero attached hydrogens (tertiary/aromatic N) is 1. The van der Waals surface area contributed by atoms with Gasteiger partial charge >= 0.3 is 0 Å². The predicted octanol–water partition coefficient (Wildman–Crippen LogP) is 3.68. The number of halogens is 1. The van der Waals surface area contributed by atoms with Gasteiger partial charge in [0.15, 0.2) is 0 Å². The molecule has 1 saturated heterocycles. The molecule has 96 valence electrons. The molecule has 0 unspecified atom stereocenters. The summed E-state index contributed by atoms with van der Waals surface area (Å²) in [5.41, 5.74) is 3.75. The van der Waals surface area contributed by atoms with Gasteiger partial charge in [-0.2, -0.15) is 5.10 Å². The van der Waals surface area contributed by atoms with Gasteiger partial charge in [0, 0.05) is 31.9 Å². The molecule has 0 aromatic carbocycles. The van der Waals surface area contributed by atoms with Crippen molar-refractivity contribution in [3.8, 4) is 10.4 Å². The minimum atomic E-state index is 0.590. The van der Waals surface area contributed by atoms with E-state index in [1.165, 1.54) is 34.7 Å². The zero-order valence-electron chi connectivity index (χ0n) is 10.3. The lowest BCUT2D eigenvalue weighted by Crippen LogP contribution is -2.27. The van der Waals surface area contributed by atoms with E-state index in [1.807, 2.05) is 0 Å². The Labute approximate surface area is 119 Å². The number of hydrogen-bond donors (Lipinski definition) is 2. The molecule has 0 bridgehead atoms. The standard InChI is InChI=1S/C13H16BrN3S/c1-8-12(11-6-10(14)7-18-11)13(17-16-8)9-2-4-15-5-3-9/h6-7,9,15H,2-5H2,1H3,(H,16,17). The van der Waals surface area contributed by atoms with E-state index in [0.717, 1.165) is 17.6 Å². The van der Waals surface area contributed by atoms with Crippen LogP contribution in [0.2, 0.25) is 0 Å². The molecule has 1 fully saturated rings. The summed E-state index contributed by atoms with van der Waals surface area (Å²) in [4.78, 5) is 1.31. The number of aryl methyl sites for hydroxylation is 1. The van der Waals surface area contributed by atoms with E-state index >= 15 is 0 Å². The number of rotatable bonds is 2. The minimum Gasteiger partial charge on any atom is -0.317 e. The summed E-state index contributed by atoms with van der Waals surface area (Å²) in [7, 11) is 0. The third-order valence-corrected chi connectivity index (χ3v) is 5.22. The van der Waals surface area contributed by atoms with E-state index in [4.69, 9.17) is 0 Å². The number of piperidine rings is 1. The molecule has 0 aliphatic carbocycles. The van der Waals surface area contributed by atoms with Crippen LogP contribution in [0.4, 0.5) is 0 Å². The Balaban J connectivity index is 2.00. The Morgan fingerprint density at radius 1 is 1.39 bits per heavy atom. The molecular weight excluding hydrogens is 310 g/mol. The molecule has 2 N–H and O–H groups in total. The molecule has 0 saturated carbocycles. The fourth-order valence-electron chi connectivity index (χ4n) is 2.59. The summed E-state index contributed by atoms with van der Waals surface area (Å²) >= 11 is 5.31. The molecule has 1 aliphatic rings. The molecule has 18 heavy (non-hydrogen) atoms. The largest absolute Gasteiger partial charge is 0.317 e. The smallest absolute Gasteiger partial charge is 0.0743 e. The lowest BCUT2D eigenvalue weighted by Gasteiger charge is -2.21. The van der Waals surface area contributed by atoms with E-state index in [-0.39, 0.29) is 0 Å². The molecule has 0 radical (unpaired) electrons. The van der Waals surface area contributed by atoms with Gasteiger partial charge in [0.25, 0.3) is 0 Å². The van der Waals surface area contributed by atoms with Gasteiger partial charge in [-0.3, -0.25) is 5.10 Å². The zero-order chi connectivity index (χ0) is 12.5. The molecular formula is C13H16BrN3S. The first-order valence-corrected chi connectivity index (χ1v) is 7.93. The monoisotopic (exact) mass is 325 g/mol. The molecule has 0 amide bonds. The highest BCUT2D eigenvalue weighted by atomic mass is 79.9. The van der Waals surface area contributed by atoms with Gasteiger partial charge in [0.1, 0.15) is 0 Å². The van der Waals surface area contributed by atoms with Crippen LogP contribution < -0.4 is 5.32 Å². The van der Waals surface area contributed by atoms with Crippen molar-refractivity contribution in [2.24, 2.45) is 0 Å². The first-order valence-electron chi connectivity index (χ1n) is 6.25. The molecule has 3 heterocycles. The van der Waals surface area contributed by atoms with Crippen LogP contribution in [0.3, 0.4) is 0 Å². The van der Waals surface area contributed by atoms with Crippen LogP contribution in [0, 0.1) is 6.92 Å². The highest BCUT2D eigenvalue weighted by molar-refractivity contribution is 9.10. The van der Waals surface area contributed by atoms with Crippen molar-refractivity contribution in [2.45, 2.75) is 25.7 Å². The van der Waals surface area contributed by atoms with E-state index in [0.29, 0.717) is 5.92 Å². The van der Waals surface area contributed by atoms with Crippen LogP contribution in [0.1, 0.15) is 30.1 Å². The van der Waals surface area contributed by atoms with Crippen molar-refractivity contribution in [1.29, 1.82) is 0 Å². The van der Waals surface area contributed by atoms with Crippen molar-refractivity contribution < 1.29 is 0 Å². The third-order valence-electron chi connectivity index (χ3n) is 3.51. The van der Waals surface area contributed by atoms with Crippen LogP contribution in [-0.4, -0.2) is 23.3 Å². The van der Waals surface area contributed by atoms with Crippen LogP contribution >= 0.6 is 27.3 Å². The minimum absolute atomic E-state index is 0.590. The van der Waals surface area contributed by atoms with Crippen molar-refractivity contribution in [1.82, 2.24) is 15.5 Å². The summed E-state index contributed by atoms with van der Waals surface area (Å²) in [6, 6.07) is 2.19. The maximum atomic E-state index is 4.56. The molecule has 0 atom stereocenters. The van der Waals surface area contributed by atoms with E-state index in [9.17, 15) is 0 Å². The van der Waals surface area contributed by atoms with E-state index in [2.05, 4.69) is 49.8 Å². The number of hydrogen-bond acceptors (Lipinski definition) is 3. The predicted molar refractivity (Wildman–Crippen MR) is 79.2 cm³/mol. The number of aromatic amines is 1. The van der Waals surface area contributed by atoms with E-state index in [1.54, 1.807) is 11.3 Å². The fourth-order valence-corrected chi connectivity index (χ4v) is 4.13. The maximum Gasteiger partial charge on any atom is 0.0743 e. The SMILES string of the molecule is Cc1[nH]nc(C2CCNCC2)c1-c1cc(Br)cs1. The molecule has 5 heteroatoms. The van der Waals surface area contributed by atoms with Gasteiger partial charge in [-0.05, 0) is 54.9 Å². The van der Waals surface area contributed by atoms with Gasteiger partial charge < -0.3 is 5.32 Å². The van der Waals surface area contributed by atoms with Crippen LogP contribution in [-0.2, 0) is 0 Å². The Kier molecular flexibility index (Phi) is 3.54. The summed E-state index contributed by atoms with van der Waals surface area (Å²) in [5.74, 6) is 0.590. The topological polar surface area (TPSA) is 40.7 Å². The van der Waals surface area contributed by atoms with Gasteiger partial charge in [0.05, 0.1) is 5.69 Å². The second-order valence-electron chi connectivity index (χ2n) is 4.76. The summed E-state index contributed by atoms with van der Waals surface area (Å²) in [6.45, 7) is 4.31. The molecule has 1 aliphatic heterocycles. The van der Waals surface area contributed by atoms with Crippen molar-refractivity contribution >= 4 is 27.3 Å². The van der Waals surface area contributed by atoms with Crippen LogP contribution in [0.15, 0.2) is 15.9 Å². The highest BCUT2D eigenvalue weighted by Crippen LogP contribution is 2.38. The Morgan fingerprint density at radius 2 is 2.17 bits per heavy atom. The Bertz CT molecular complexity index is 540. The molecule has 2 aromatic rings. The first-order chi connectivity index (χ1) is 8.75. The van der Waals surface area contributed by atoms with Gasteiger partial charge in [-0.15, -0.1) is 11.3 Å². The van der Waals surface area contributed by atoms with Crippen LogP contribution in [0.25, 0.3) is 10.4 Å². The fraction of sp³-hybridized carbons (Fsp3) is 0.462. The quantitative estimate of drug-likeness (QED) is 0.884. The van der Waals surface area contributed by atoms with Crippen LogP contribution in [0.5, 0.6) is 0 Å². The van der Waals surface area contributed by atoms with Gasteiger partial charge in [-0.1, -0.05) is 0 Å². The molecule has 3 nitrogen and oxygen atoms in total. The second kappa shape index (κ2) is 5.15. The van der Waals surface area contributed by atoms with Gasteiger partial charge in [0.2, 0.25) is 0 Å². The van der Waals surface area contributed by atoms with Gasteiger partial charge in [-0.25, -0.2) is 0 Å². The first kappa shape index (κ1) is 12.4. The summed E-state index contributed by atoms with van der Waals surface area (Å²) in [5, 5.41) is 13.3.